The second kappa shape index (κ2) is 5.96. The number of ether oxygens (including phenoxy) is 3. The topological polar surface area (TPSA) is 82.1 Å². The van der Waals surface area contributed by atoms with E-state index in [0.717, 1.165) is 0 Å². The van der Waals surface area contributed by atoms with Crippen LogP contribution in [0.15, 0.2) is 0 Å². The van der Waals surface area contributed by atoms with E-state index in [1.807, 2.05) is 22.6 Å². The van der Waals surface area contributed by atoms with E-state index in [9.17, 15) is 14.7 Å². The van der Waals surface area contributed by atoms with Crippen molar-refractivity contribution in [3.05, 3.63) is 0 Å². The molecule has 0 aromatic carbocycles. The van der Waals surface area contributed by atoms with Crippen LogP contribution in [0.4, 0.5) is 0 Å². The first-order chi connectivity index (χ1) is 7.82. The molecule has 0 aromatic heterocycles. The lowest BCUT2D eigenvalue weighted by molar-refractivity contribution is -0.238. The Balaban J connectivity index is 2.78. The van der Waals surface area contributed by atoms with Gasteiger partial charge in [-0.05, 0) is 6.92 Å². The lowest BCUT2D eigenvalue weighted by Gasteiger charge is -2.40. The number of alkyl halides is 1. The van der Waals surface area contributed by atoms with Crippen LogP contribution in [-0.4, -0.2) is 45.6 Å². The smallest absolute Gasteiger partial charge is 0.304 e. The van der Waals surface area contributed by atoms with Gasteiger partial charge in [0.05, 0.1) is 6.10 Å². The Bertz CT molecular complexity index is 307. The highest BCUT2D eigenvalue weighted by Crippen LogP contribution is 2.29. The maximum absolute atomic E-state index is 11.0. The molecule has 0 radical (unpaired) electrons. The lowest BCUT2D eigenvalue weighted by Crippen LogP contribution is -2.56. The van der Waals surface area contributed by atoms with Crippen LogP contribution in [0.3, 0.4) is 0 Å². The van der Waals surface area contributed by atoms with Crippen LogP contribution in [0.5, 0.6) is 0 Å². The van der Waals surface area contributed by atoms with E-state index < -0.39 is 40.5 Å². The molecule has 1 saturated heterocycles. The van der Waals surface area contributed by atoms with Gasteiger partial charge >= 0.3 is 11.9 Å². The maximum Gasteiger partial charge on any atom is 0.304 e. The van der Waals surface area contributed by atoms with Gasteiger partial charge in [0.25, 0.3) is 0 Å². The van der Waals surface area contributed by atoms with Gasteiger partial charge in [0, 0.05) is 13.8 Å². The Labute approximate surface area is 113 Å². The number of hydrogen-bond acceptors (Lipinski definition) is 6. The quantitative estimate of drug-likeness (QED) is 0.437. The summed E-state index contributed by atoms with van der Waals surface area (Å²) in [6, 6.07) is 0. The third-order valence-electron chi connectivity index (χ3n) is 2.32. The van der Waals surface area contributed by atoms with E-state index in [1.54, 1.807) is 6.92 Å². The molecule has 17 heavy (non-hydrogen) atoms. The molecule has 1 fully saturated rings. The van der Waals surface area contributed by atoms with Crippen LogP contribution in [0, 0.1) is 0 Å². The van der Waals surface area contributed by atoms with Crippen molar-refractivity contribution in [1.82, 2.24) is 0 Å². The molecule has 1 rings (SSSR count). The summed E-state index contributed by atoms with van der Waals surface area (Å²) in [7, 11) is 0. The van der Waals surface area contributed by atoms with Crippen LogP contribution in [0.2, 0.25) is 0 Å². The van der Waals surface area contributed by atoms with Crippen molar-refractivity contribution in [3.63, 3.8) is 0 Å². The minimum absolute atomic E-state index is 0.452. The van der Waals surface area contributed by atoms with Gasteiger partial charge in [-0.2, -0.15) is 0 Å². The summed E-state index contributed by atoms with van der Waals surface area (Å²) >= 11 is 1.93. The number of rotatable bonds is 2. The number of aliphatic hydroxyl groups is 1. The highest BCUT2D eigenvalue weighted by molar-refractivity contribution is 14.1. The SMILES string of the molecule is CC(=O)O[C@@H]1O[C@H](C)[C@@H](O)[C@H](OC(C)=O)[C@H]1I. The van der Waals surface area contributed by atoms with E-state index in [4.69, 9.17) is 14.2 Å². The number of carbonyl (C=O) groups excluding carboxylic acids is 2. The molecule has 5 atom stereocenters. The zero-order valence-corrected chi connectivity index (χ0v) is 11.9. The molecule has 6 nitrogen and oxygen atoms in total. The van der Waals surface area contributed by atoms with E-state index >= 15 is 0 Å². The molecule has 1 N–H and O–H groups in total. The normalized spacial score (nSPS) is 37.4. The van der Waals surface area contributed by atoms with E-state index in [2.05, 4.69) is 0 Å². The third-order valence-corrected chi connectivity index (χ3v) is 3.62. The summed E-state index contributed by atoms with van der Waals surface area (Å²) < 4.78 is 14.9. The molecule has 98 valence electrons. The van der Waals surface area contributed by atoms with Crippen LogP contribution in [0.25, 0.3) is 0 Å². The summed E-state index contributed by atoms with van der Waals surface area (Å²) in [6.45, 7) is 4.15. The first kappa shape index (κ1) is 14.7. The fourth-order valence-electron chi connectivity index (χ4n) is 1.56. The molecule has 0 unspecified atom stereocenters. The van der Waals surface area contributed by atoms with Gasteiger partial charge in [0.2, 0.25) is 6.29 Å². The molecule has 7 heteroatoms. The van der Waals surface area contributed by atoms with Gasteiger partial charge in [-0.25, -0.2) is 0 Å². The highest BCUT2D eigenvalue weighted by Gasteiger charge is 2.45. The van der Waals surface area contributed by atoms with Gasteiger partial charge in [-0.3, -0.25) is 9.59 Å². The van der Waals surface area contributed by atoms with Gasteiger partial charge in [0.1, 0.15) is 16.1 Å². The van der Waals surface area contributed by atoms with Crippen molar-refractivity contribution < 1.29 is 28.9 Å². The van der Waals surface area contributed by atoms with E-state index in [-0.39, 0.29) is 0 Å². The van der Waals surface area contributed by atoms with Crippen LogP contribution in [0.1, 0.15) is 20.8 Å². The van der Waals surface area contributed by atoms with Crippen LogP contribution in [-0.2, 0) is 23.8 Å². The second-order valence-electron chi connectivity index (χ2n) is 3.83. The summed E-state index contributed by atoms with van der Waals surface area (Å²) in [5, 5.41) is 9.86. The molecule has 0 aromatic rings. The van der Waals surface area contributed by atoms with Crippen molar-refractivity contribution in [2.45, 2.75) is 49.3 Å². The Hall–Kier alpha value is -0.410. The Morgan fingerprint density at radius 3 is 2.24 bits per heavy atom. The number of carbonyl (C=O) groups is 2. The molecule has 0 bridgehead atoms. The van der Waals surface area contributed by atoms with E-state index in [0.29, 0.717) is 0 Å². The van der Waals surface area contributed by atoms with Crippen LogP contribution < -0.4 is 0 Å². The monoisotopic (exact) mass is 358 g/mol. The predicted molar refractivity (Wildman–Crippen MR) is 65.5 cm³/mol. The van der Waals surface area contributed by atoms with Crippen molar-refractivity contribution in [3.8, 4) is 0 Å². The molecule has 0 spiro atoms. The zero-order chi connectivity index (χ0) is 13.2. The summed E-state index contributed by atoms with van der Waals surface area (Å²) in [5.74, 6) is -0.978. The zero-order valence-electron chi connectivity index (χ0n) is 9.75. The highest BCUT2D eigenvalue weighted by atomic mass is 127. The first-order valence-electron chi connectivity index (χ1n) is 5.15. The molecule has 0 saturated carbocycles. The molecular formula is C10H15IO6. The van der Waals surface area contributed by atoms with Crippen LogP contribution >= 0.6 is 22.6 Å². The predicted octanol–water partition coefficient (Wildman–Crippen LogP) is 0.390. The Morgan fingerprint density at radius 1 is 1.24 bits per heavy atom. The minimum Gasteiger partial charge on any atom is -0.458 e. The first-order valence-corrected chi connectivity index (χ1v) is 6.39. The second-order valence-corrected chi connectivity index (χ2v) is 5.27. The molecule has 1 aliphatic rings. The Kier molecular flexibility index (Phi) is 5.14. The molecule has 1 aliphatic heterocycles. The van der Waals surface area contributed by atoms with Crippen molar-refractivity contribution >= 4 is 34.5 Å². The van der Waals surface area contributed by atoms with Gasteiger partial charge in [-0.1, -0.05) is 22.6 Å². The summed E-state index contributed by atoms with van der Waals surface area (Å²) in [4.78, 5) is 21.9. The molecule has 1 heterocycles. The fraction of sp³-hybridized carbons (Fsp3) is 0.800. The minimum atomic E-state index is -0.937. The number of halogens is 1. The molecule has 0 aliphatic carbocycles. The Morgan fingerprint density at radius 2 is 1.76 bits per heavy atom. The number of esters is 2. The largest absolute Gasteiger partial charge is 0.458 e. The van der Waals surface area contributed by atoms with Gasteiger partial charge in [-0.15, -0.1) is 0 Å². The van der Waals surface area contributed by atoms with Crippen molar-refractivity contribution in [1.29, 1.82) is 0 Å². The summed E-state index contributed by atoms with van der Waals surface area (Å²) in [6.07, 6.45) is -3.08. The third kappa shape index (κ3) is 3.78. The van der Waals surface area contributed by atoms with Crippen molar-refractivity contribution in [2.24, 2.45) is 0 Å². The number of hydrogen-bond donors (Lipinski definition) is 1. The molecular weight excluding hydrogens is 343 g/mol. The fourth-order valence-corrected chi connectivity index (χ4v) is 2.45. The lowest BCUT2D eigenvalue weighted by atomic mass is 10.0. The number of aliphatic hydroxyl groups excluding tert-OH is 1. The average molecular weight is 358 g/mol. The average Bonchev–Trinajstić information content (AvgIpc) is 2.20. The van der Waals surface area contributed by atoms with Gasteiger partial charge < -0.3 is 19.3 Å². The van der Waals surface area contributed by atoms with Gasteiger partial charge in [0.15, 0.2) is 0 Å². The standard InChI is InChI=1S/C10H15IO6/c1-4-8(14)9(16-5(2)12)7(11)10(15-4)17-6(3)13/h4,7-10,14H,1-3H3/t4-,7-,8-,9-,10+/m1/s1. The van der Waals surface area contributed by atoms with Crippen molar-refractivity contribution in [2.75, 3.05) is 0 Å². The van der Waals surface area contributed by atoms with E-state index in [1.165, 1.54) is 13.8 Å². The summed E-state index contributed by atoms with van der Waals surface area (Å²) in [5.41, 5.74) is 0. The molecule has 0 amide bonds. The maximum atomic E-state index is 11.0.